The molecule has 0 aliphatic heterocycles. The van der Waals surface area contributed by atoms with Crippen molar-refractivity contribution in [1.29, 1.82) is 0 Å². The number of halogens is 1. The van der Waals surface area contributed by atoms with Crippen LogP contribution in [0.5, 0.6) is 0 Å². The third-order valence-corrected chi connectivity index (χ3v) is 3.56. The van der Waals surface area contributed by atoms with Crippen molar-refractivity contribution in [3.63, 3.8) is 0 Å². The molecule has 1 aromatic carbocycles. The molecule has 1 N–H and O–H groups in total. The summed E-state index contributed by atoms with van der Waals surface area (Å²) in [5.41, 5.74) is 0.330. The molecular formula is C10H11BrO2S. The average molecular weight is 275 g/mol. The van der Waals surface area contributed by atoms with Crippen LogP contribution in [0.15, 0.2) is 27.6 Å². The number of aromatic carboxylic acids is 1. The number of thioether (sulfide) groups is 1. The third-order valence-electron chi connectivity index (χ3n) is 1.54. The molecule has 0 saturated carbocycles. The topological polar surface area (TPSA) is 37.3 Å². The number of carboxylic acid groups (broad SMARTS) is 1. The van der Waals surface area contributed by atoms with Crippen LogP contribution in [-0.2, 0) is 0 Å². The van der Waals surface area contributed by atoms with Crippen molar-refractivity contribution in [2.75, 3.05) is 0 Å². The van der Waals surface area contributed by atoms with Crippen LogP contribution in [-0.4, -0.2) is 16.3 Å². The average Bonchev–Trinajstić information content (AvgIpc) is 2.07. The van der Waals surface area contributed by atoms with Crippen LogP contribution < -0.4 is 0 Å². The number of rotatable bonds is 3. The maximum absolute atomic E-state index is 10.7. The van der Waals surface area contributed by atoms with Gasteiger partial charge in [0.2, 0.25) is 0 Å². The Hall–Kier alpha value is -0.480. The van der Waals surface area contributed by atoms with E-state index in [1.165, 1.54) is 0 Å². The molecule has 0 atom stereocenters. The smallest absolute Gasteiger partial charge is 0.335 e. The van der Waals surface area contributed by atoms with Gasteiger partial charge in [-0.15, -0.1) is 11.8 Å². The molecule has 0 spiro atoms. The van der Waals surface area contributed by atoms with Gasteiger partial charge in [-0.3, -0.25) is 0 Å². The van der Waals surface area contributed by atoms with Gasteiger partial charge in [0, 0.05) is 14.6 Å². The highest BCUT2D eigenvalue weighted by Gasteiger charge is 2.08. The largest absolute Gasteiger partial charge is 0.478 e. The Morgan fingerprint density at radius 3 is 2.64 bits per heavy atom. The van der Waals surface area contributed by atoms with Gasteiger partial charge in [0.15, 0.2) is 0 Å². The van der Waals surface area contributed by atoms with E-state index in [1.54, 1.807) is 30.0 Å². The summed E-state index contributed by atoms with van der Waals surface area (Å²) >= 11 is 5.04. The van der Waals surface area contributed by atoms with Gasteiger partial charge >= 0.3 is 5.97 Å². The second-order valence-corrected chi connectivity index (χ2v) is 5.59. The standard InChI is InChI=1S/C10H11BrO2S/c1-6(2)14-9-5-7(10(12)13)3-4-8(9)11/h3-6H,1-2H3,(H,12,13). The molecule has 1 aromatic rings. The Labute approximate surface area is 95.8 Å². The molecule has 0 aliphatic carbocycles. The van der Waals surface area contributed by atoms with Crippen molar-refractivity contribution in [3.05, 3.63) is 28.2 Å². The molecule has 0 radical (unpaired) electrons. The number of hydrogen-bond acceptors (Lipinski definition) is 2. The van der Waals surface area contributed by atoms with Crippen LogP contribution >= 0.6 is 27.7 Å². The summed E-state index contributed by atoms with van der Waals surface area (Å²) in [7, 11) is 0. The van der Waals surface area contributed by atoms with Gasteiger partial charge in [-0.05, 0) is 34.1 Å². The van der Waals surface area contributed by atoms with Crippen molar-refractivity contribution in [2.45, 2.75) is 24.0 Å². The molecule has 0 heterocycles. The minimum absolute atomic E-state index is 0.330. The Morgan fingerprint density at radius 1 is 1.50 bits per heavy atom. The summed E-state index contributed by atoms with van der Waals surface area (Å²) in [6, 6.07) is 5.06. The summed E-state index contributed by atoms with van der Waals surface area (Å²) < 4.78 is 0.946. The first kappa shape index (κ1) is 11.6. The normalized spacial score (nSPS) is 10.6. The van der Waals surface area contributed by atoms with E-state index >= 15 is 0 Å². The van der Waals surface area contributed by atoms with Crippen LogP contribution in [0, 0.1) is 0 Å². The van der Waals surface area contributed by atoms with Gasteiger partial charge in [-0.1, -0.05) is 13.8 Å². The zero-order valence-electron chi connectivity index (χ0n) is 7.95. The van der Waals surface area contributed by atoms with E-state index in [2.05, 4.69) is 29.8 Å². The molecule has 2 nitrogen and oxygen atoms in total. The molecule has 0 saturated heterocycles. The lowest BCUT2D eigenvalue weighted by Crippen LogP contribution is -1.97. The lowest BCUT2D eigenvalue weighted by atomic mass is 10.2. The summed E-state index contributed by atoms with van der Waals surface area (Å²) in [5, 5.41) is 9.25. The van der Waals surface area contributed by atoms with Crippen LogP contribution in [0.2, 0.25) is 0 Å². The van der Waals surface area contributed by atoms with E-state index < -0.39 is 5.97 Å². The number of hydrogen-bond donors (Lipinski definition) is 1. The fourth-order valence-electron chi connectivity index (χ4n) is 0.981. The Balaban J connectivity index is 3.02. The van der Waals surface area contributed by atoms with Crippen LogP contribution in [0.3, 0.4) is 0 Å². The second-order valence-electron chi connectivity index (χ2n) is 3.12. The van der Waals surface area contributed by atoms with Crippen molar-refractivity contribution in [1.82, 2.24) is 0 Å². The van der Waals surface area contributed by atoms with Gasteiger partial charge in [0.05, 0.1) is 5.56 Å². The molecule has 14 heavy (non-hydrogen) atoms. The molecule has 0 bridgehead atoms. The highest BCUT2D eigenvalue weighted by molar-refractivity contribution is 9.10. The predicted molar refractivity (Wildman–Crippen MR) is 62.1 cm³/mol. The summed E-state index contributed by atoms with van der Waals surface area (Å²) in [6.45, 7) is 4.15. The summed E-state index contributed by atoms with van der Waals surface area (Å²) in [5.74, 6) is -0.886. The summed E-state index contributed by atoms with van der Waals surface area (Å²) in [6.07, 6.45) is 0. The van der Waals surface area contributed by atoms with E-state index in [1.807, 2.05) is 0 Å². The molecule has 0 aromatic heterocycles. The van der Waals surface area contributed by atoms with Crippen LogP contribution in [0.1, 0.15) is 24.2 Å². The molecular weight excluding hydrogens is 264 g/mol. The van der Waals surface area contributed by atoms with Gasteiger partial charge in [-0.25, -0.2) is 4.79 Å². The van der Waals surface area contributed by atoms with E-state index in [4.69, 9.17) is 5.11 Å². The third kappa shape index (κ3) is 3.03. The molecule has 0 amide bonds. The highest BCUT2D eigenvalue weighted by atomic mass is 79.9. The SMILES string of the molecule is CC(C)Sc1cc(C(=O)O)ccc1Br. The first-order valence-electron chi connectivity index (χ1n) is 4.20. The Morgan fingerprint density at radius 2 is 2.14 bits per heavy atom. The van der Waals surface area contributed by atoms with Crippen molar-refractivity contribution in [3.8, 4) is 0 Å². The van der Waals surface area contributed by atoms with Crippen molar-refractivity contribution in [2.24, 2.45) is 0 Å². The zero-order valence-corrected chi connectivity index (χ0v) is 10.4. The number of benzene rings is 1. The van der Waals surface area contributed by atoms with E-state index in [0.717, 1.165) is 9.37 Å². The minimum Gasteiger partial charge on any atom is -0.478 e. The fraction of sp³-hybridized carbons (Fsp3) is 0.300. The van der Waals surface area contributed by atoms with Gasteiger partial charge in [0.25, 0.3) is 0 Å². The maximum Gasteiger partial charge on any atom is 0.335 e. The van der Waals surface area contributed by atoms with Crippen LogP contribution in [0.4, 0.5) is 0 Å². The number of carboxylic acids is 1. The monoisotopic (exact) mass is 274 g/mol. The van der Waals surface area contributed by atoms with E-state index in [-0.39, 0.29) is 0 Å². The molecule has 4 heteroatoms. The Kier molecular flexibility index (Phi) is 4.01. The Bertz CT molecular complexity index is 350. The van der Waals surface area contributed by atoms with E-state index in [0.29, 0.717) is 10.8 Å². The predicted octanol–water partition coefficient (Wildman–Crippen LogP) is 3.65. The fourth-order valence-corrected chi connectivity index (χ4v) is 2.39. The quantitative estimate of drug-likeness (QED) is 0.855. The minimum atomic E-state index is -0.886. The lowest BCUT2D eigenvalue weighted by Gasteiger charge is -2.07. The van der Waals surface area contributed by atoms with Crippen molar-refractivity contribution < 1.29 is 9.90 Å². The van der Waals surface area contributed by atoms with Crippen molar-refractivity contribution >= 4 is 33.7 Å². The maximum atomic E-state index is 10.7. The van der Waals surface area contributed by atoms with Gasteiger partial charge in [-0.2, -0.15) is 0 Å². The summed E-state index contributed by atoms with van der Waals surface area (Å²) in [4.78, 5) is 11.7. The van der Waals surface area contributed by atoms with Gasteiger partial charge < -0.3 is 5.11 Å². The van der Waals surface area contributed by atoms with Crippen LogP contribution in [0.25, 0.3) is 0 Å². The number of carbonyl (C=O) groups is 1. The molecule has 0 fully saturated rings. The molecule has 0 aliphatic rings. The first-order valence-corrected chi connectivity index (χ1v) is 5.87. The van der Waals surface area contributed by atoms with E-state index in [9.17, 15) is 4.79 Å². The first-order chi connectivity index (χ1) is 6.50. The molecule has 1 rings (SSSR count). The highest BCUT2D eigenvalue weighted by Crippen LogP contribution is 2.31. The molecule has 0 unspecified atom stereocenters. The second kappa shape index (κ2) is 4.84. The van der Waals surface area contributed by atoms with Gasteiger partial charge in [0.1, 0.15) is 0 Å². The lowest BCUT2D eigenvalue weighted by molar-refractivity contribution is 0.0696. The zero-order chi connectivity index (χ0) is 10.7. The molecule has 76 valence electrons.